The Bertz CT molecular complexity index is 482. The van der Waals surface area contributed by atoms with Crippen molar-refractivity contribution in [1.82, 2.24) is 10.2 Å². The average molecular weight is 231 g/mol. The van der Waals surface area contributed by atoms with Crippen LogP contribution in [0.5, 0.6) is 0 Å². The highest BCUT2D eigenvalue weighted by Gasteiger charge is 2.03. The zero-order chi connectivity index (χ0) is 12.1. The highest BCUT2D eigenvalue weighted by molar-refractivity contribution is 5.90. The second-order valence-corrected chi connectivity index (χ2v) is 4.05. The highest BCUT2D eigenvalue weighted by atomic mass is 16.3. The van der Waals surface area contributed by atoms with E-state index in [4.69, 9.17) is 0 Å². The van der Waals surface area contributed by atoms with Crippen molar-refractivity contribution in [2.45, 2.75) is 25.9 Å². The fourth-order valence-corrected chi connectivity index (χ4v) is 1.73. The van der Waals surface area contributed by atoms with E-state index >= 15 is 0 Å². The Morgan fingerprint density at radius 1 is 1.35 bits per heavy atom. The number of hydrogen-bond donors (Lipinski definition) is 2. The minimum Gasteiger partial charge on any atom is -0.393 e. The van der Waals surface area contributed by atoms with Crippen LogP contribution in [0.4, 0.5) is 5.69 Å². The molecule has 2 aromatic rings. The Labute approximate surface area is 101 Å². The summed E-state index contributed by atoms with van der Waals surface area (Å²) in [5, 5.41) is 21.9. The third-order valence-electron chi connectivity index (χ3n) is 2.81. The third-order valence-corrected chi connectivity index (χ3v) is 2.81. The van der Waals surface area contributed by atoms with Gasteiger partial charge in [0.2, 0.25) is 0 Å². The van der Waals surface area contributed by atoms with Gasteiger partial charge in [-0.3, -0.25) is 0 Å². The van der Waals surface area contributed by atoms with Crippen molar-refractivity contribution in [3.63, 3.8) is 0 Å². The van der Waals surface area contributed by atoms with Crippen LogP contribution in [0.2, 0.25) is 0 Å². The van der Waals surface area contributed by atoms with E-state index in [0.717, 1.165) is 36.0 Å². The van der Waals surface area contributed by atoms with Crippen molar-refractivity contribution in [2.75, 3.05) is 11.9 Å². The normalized spacial score (nSPS) is 12.6. The fourth-order valence-electron chi connectivity index (χ4n) is 1.73. The first kappa shape index (κ1) is 11.8. The van der Waals surface area contributed by atoms with E-state index in [1.807, 2.05) is 31.2 Å². The molecule has 0 saturated heterocycles. The number of anilines is 1. The number of aromatic nitrogens is 2. The predicted molar refractivity (Wildman–Crippen MR) is 68.9 cm³/mol. The zero-order valence-electron chi connectivity index (χ0n) is 9.93. The molecule has 2 N–H and O–H groups in total. The summed E-state index contributed by atoms with van der Waals surface area (Å²) in [6.07, 6.45) is 3.02. The molecule has 1 heterocycles. The number of hydrogen-bond acceptors (Lipinski definition) is 4. The van der Waals surface area contributed by atoms with Gasteiger partial charge in [-0.15, -0.1) is 0 Å². The van der Waals surface area contributed by atoms with E-state index in [-0.39, 0.29) is 6.10 Å². The monoisotopic (exact) mass is 231 g/mol. The number of rotatable bonds is 5. The molecule has 4 heteroatoms. The minimum absolute atomic E-state index is 0.233. The molecular weight excluding hydrogens is 214 g/mol. The molecule has 0 aliphatic carbocycles. The van der Waals surface area contributed by atoms with Gasteiger partial charge in [-0.1, -0.05) is 25.1 Å². The van der Waals surface area contributed by atoms with Gasteiger partial charge in [0.25, 0.3) is 0 Å². The zero-order valence-corrected chi connectivity index (χ0v) is 9.93. The van der Waals surface area contributed by atoms with Crippen molar-refractivity contribution in [3.05, 3.63) is 30.5 Å². The van der Waals surface area contributed by atoms with Gasteiger partial charge < -0.3 is 10.4 Å². The van der Waals surface area contributed by atoms with Gasteiger partial charge in [0.1, 0.15) is 0 Å². The number of fused-ring (bicyclic) bond motifs is 1. The van der Waals surface area contributed by atoms with Gasteiger partial charge in [-0.25, -0.2) is 0 Å². The summed E-state index contributed by atoms with van der Waals surface area (Å²) in [7, 11) is 0. The quantitative estimate of drug-likeness (QED) is 0.828. The maximum absolute atomic E-state index is 9.48. The van der Waals surface area contributed by atoms with E-state index in [1.165, 1.54) is 0 Å². The van der Waals surface area contributed by atoms with Crippen molar-refractivity contribution < 1.29 is 5.11 Å². The molecule has 1 aromatic carbocycles. The summed E-state index contributed by atoms with van der Waals surface area (Å²) in [4.78, 5) is 0. The van der Waals surface area contributed by atoms with Crippen molar-refractivity contribution in [1.29, 1.82) is 0 Å². The molecule has 0 saturated carbocycles. The molecule has 0 fully saturated rings. The number of benzene rings is 1. The molecular formula is C13H17N3O. The molecule has 0 aliphatic rings. The largest absolute Gasteiger partial charge is 0.393 e. The maximum Gasteiger partial charge on any atom is 0.0950 e. The Hall–Kier alpha value is -1.68. The van der Waals surface area contributed by atoms with E-state index in [0.29, 0.717) is 0 Å². The van der Waals surface area contributed by atoms with Crippen LogP contribution in [-0.4, -0.2) is 28.0 Å². The standard InChI is InChI=1S/C13H17N3O/c1-2-10(17)7-8-14-13-9-15-16-12-6-4-3-5-11(12)13/h3-6,9-10,17H,2,7-8H2,1H3,(H,14,16). The summed E-state index contributed by atoms with van der Waals surface area (Å²) < 4.78 is 0. The Morgan fingerprint density at radius 3 is 3.00 bits per heavy atom. The van der Waals surface area contributed by atoms with Crippen molar-refractivity contribution in [3.8, 4) is 0 Å². The Kier molecular flexibility index (Phi) is 3.88. The summed E-state index contributed by atoms with van der Waals surface area (Å²) in [5.74, 6) is 0. The second kappa shape index (κ2) is 5.59. The number of nitrogens with zero attached hydrogens (tertiary/aromatic N) is 2. The van der Waals surface area contributed by atoms with Crippen LogP contribution >= 0.6 is 0 Å². The molecule has 1 aromatic heterocycles. The summed E-state index contributed by atoms with van der Waals surface area (Å²) >= 11 is 0. The molecule has 0 radical (unpaired) electrons. The second-order valence-electron chi connectivity index (χ2n) is 4.05. The molecule has 1 atom stereocenters. The van der Waals surface area contributed by atoms with Gasteiger partial charge in [0.05, 0.1) is 23.5 Å². The van der Waals surface area contributed by atoms with Gasteiger partial charge in [-0.05, 0) is 18.9 Å². The lowest BCUT2D eigenvalue weighted by Crippen LogP contribution is -2.12. The lowest BCUT2D eigenvalue weighted by molar-refractivity contribution is 0.164. The van der Waals surface area contributed by atoms with Gasteiger partial charge in [0, 0.05) is 11.9 Å². The van der Waals surface area contributed by atoms with Crippen LogP contribution < -0.4 is 5.32 Å². The van der Waals surface area contributed by atoms with Crippen LogP contribution in [-0.2, 0) is 0 Å². The molecule has 2 rings (SSSR count). The van der Waals surface area contributed by atoms with E-state index in [9.17, 15) is 5.11 Å². The van der Waals surface area contributed by atoms with Crippen LogP contribution in [0.3, 0.4) is 0 Å². The van der Waals surface area contributed by atoms with Crippen molar-refractivity contribution in [2.24, 2.45) is 0 Å². The molecule has 1 unspecified atom stereocenters. The molecule has 0 aliphatic heterocycles. The number of aliphatic hydroxyl groups excluding tert-OH is 1. The molecule has 0 amide bonds. The molecule has 17 heavy (non-hydrogen) atoms. The first-order valence-corrected chi connectivity index (χ1v) is 5.93. The maximum atomic E-state index is 9.48. The topological polar surface area (TPSA) is 58.0 Å². The fraction of sp³-hybridized carbons (Fsp3) is 0.385. The minimum atomic E-state index is -0.233. The highest BCUT2D eigenvalue weighted by Crippen LogP contribution is 2.19. The summed E-state index contributed by atoms with van der Waals surface area (Å²) in [6.45, 7) is 2.72. The smallest absolute Gasteiger partial charge is 0.0950 e. The Morgan fingerprint density at radius 2 is 2.18 bits per heavy atom. The van der Waals surface area contributed by atoms with Crippen LogP contribution in [0.25, 0.3) is 10.9 Å². The van der Waals surface area contributed by atoms with E-state index < -0.39 is 0 Å². The van der Waals surface area contributed by atoms with Crippen LogP contribution in [0.15, 0.2) is 30.5 Å². The average Bonchev–Trinajstić information content (AvgIpc) is 2.39. The molecule has 0 bridgehead atoms. The third kappa shape index (κ3) is 2.91. The molecule has 4 nitrogen and oxygen atoms in total. The van der Waals surface area contributed by atoms with Crippen LogP contribution in [0, 0.1) is 0 Å². The van der Waals surface area contributed by atoms with Gasteiger partial charge in [-0.2, -0.15) is 10.2 Å². The molecule has 90 valence electrons. The summed E-state index contributed by atoms with van der Waals surface area (Å²) in [5.41, 5.74) is 1.85. The number of aliphatic hydroxyl groups is 1. The van der Waals surface area contributed by atoms with E-state index in [1.54, 1.807) is 6.20 Å². The first-order valence-electron chi connectivity index (χ1n) is 5.93. The van der Waals surface area contributed by atoms with Gasteiger partial charge >= 0.3 is 0 Å². The van der Waals surface area contributed by atoms with Crippen LogP contribution in [0.1, 0.15) is 19.8 Å². The SMILES string of the molecule is CCC(O)CCNc1cnnc2ccccc12. The van der Waals surface area contributed by atoms with Crippen molar-refractivity contribution >= 4 is 16.6 Å². The molecule has 0 spiro atoms. The Balaban J connectivity index is 2.08. The van der Waals surface area contributed by atoms with E-state index in [2.05, 4.69) is 15.5 Å². The number of nitrogens with one attached hydrogen (secondary N) is 1. The van der Waals surface area contributed by atoms with Gasteiger partial charge in [0.15, 0.2) is 0 Å². The predicted octanol–water partition coefficient (Wildman–Crippen LogP) is 2.20. The lowest BCUT2D eigenvalue weighted by atomic mass is 10.2. The first-order chi connectivity index (χ1) is 8.31. The lowest BCUT2D eigenvalue weighted by Gasteiger charge is -2.10. The summed E-state index contributed by atoms with van der Waals surface area (Å²) in [6, 6.07) is 7.88.